The number of fused-ring (bicyclic) bond motifs is 1. The van der Waals surface area contributed by atoms with E-state index in [-0.39, 0.29) is 5.56 Å². The van der Waals surface area contributed by atoms with E-state index in [1.807, 2.05) is 55.6 Å². The summed E-state index contributed by atoms with van der Waals surface area (Å²) in [4.78, 5) is 24.7. The Kier molecular flexibility index (Phi) is 6.45. The third kappa shape index (κ3) is 4.45. The summed E-state index contributed by atoms with van der Waals surface area (Å²) in [5.74, 6) is 0. The largest absolute Gasteiger partial charge is 0.307 e. The average molecular weight is 533 g/mol. The second-order valence-corrected chi connectivity index (χ2v) is 9.41. The number of benzene rings is 2. The smallest absolute Gasteiger partial charge is 0.277 e. The maximum Gasteiger partial charge on any atom is 0.277 e. The first-order chi connectivity index (χ1) is 17.8. The lowest BCUT2D eigenvalue weighted by atomic mass is 9.97. The van der Waals surface area contributed by atoms with Gasteiger partial charge in [-0.05, 0) is 19.1 Å². The van der Waals surface area contributed by atoms with Crippen molar-refractivity contribution in [3.8, 4) is 33.4 Å². The zero-order chi connectivity index (χ0) is 26.3. The van der Waals surface area contributed by atoms with Crippen LogP contribution in [0.15, 0.2) is 77.1 Å². The normalized spacial score (nSPS) is 11.5. The molecule has 0 unspecified atom stereocenters. The van der Waals surface area contributed by atoms with Crippen LogP contribution in [0.25, 0.3) is 38.9 Å². The van der Waals surface area contributed by atoms with Crippen LogP contribution < -0.4 is 5.56 Å². The molecule has 37 heavy (non-hydrogen) atoms. The molecule has 10 heteroatoms. The van der Waals surface area contributed by atoms with Crippen LogP contribution in [0.1, 0.15) is 5.69 Å². The van der Waals surface area contributed by atoms with E-state index in [1.54, 1.807) is 35.6 Å². The number of nitrogens with zero attached hydrogens (tertiary/aromatic N) is 6. The molecule has 186 valence electrons. The highest BCUT2D eigenvalue weighted by Gasteiger charge is 2.17. The van der Waals surface area contributed by atoms with Gasteiger partial charge in [0.05, 0.1) is 10.0 Å². The standard InChI is InChI=1S/C27H22Cl2N6O2/c1-17-10-18(12-34(17)30-14-32(2)16-36)20-6-4-8-22(25(20)28)23-9-5-7-21(26(23)29)19-11-24-27(37)33(3)15-31-35(24)13-19/h4-16H,1-3H3/b30-14-. The quantitative estimate of drug-likeness (QED) is 0.168. The zero-order valence-corrected chi connectivity index (χ0v) is 21.8. The molecule has 0 aliphatic rings. The second-order valence-electron chi connectivity index (χ2n) is 8.66. The third-order valence-electron chi connectivity index (χ3n) is 6.11. The number of halogens is 2. The van der Waals surface area contributed by atoms with Gasteiger partial charge in [-0.2, -0.15) is 10.2 Å². The number of aromatic nitrogens is 4. The summed E-state index contributed by atoms with van der Waals surface area (Å²) in [5, 5.41) is 9.66. The van der Waals surface area contributed by atoms with Crippen LogP contribution >= 0.6 is 23.2 Å². The van der Waals surface area contributed by atoms with E-state index in [4.69, 9.17) is 23.2 Å². The highest BCUT2D eigenvalue weighted by Crippen LogP contribution is 2.42. The Labute approximate surface area is 222 Å². The molecule has 5 rings (SSSR count). The van der Waals surface area contributed by atoms with E-state index in [9.17, 15) is 9.59 Å². The van der Waals surface area contributed by atoms with Crippen LogP contribution in [0.3, 0.4) is 0 Å². The van der Waals surface area contributed by atoms with Crippen LogP contribution in [0.2, 0.25) is 10.0 Å². The van der Waals surface area contributed by atoms with E-state index in [0.29, 0.717) is 22.0 Å². The molecule has 0 saturated heterocycles. The lowest BCUT2D eigenvalue weighted by molar-refractivity contribution is -0.113. The van der Waals surface area contributed by atoms with Crippen molar-refractivity contribution in [3.05, 3.63) is 93.3 Å². The Hall–Kier alpha value is -4.14. The van der Waals surface area contributed by atoms with Gasteiger partial charge in [0, 0.05) is 65.6 Å². The number of hydrogen-bond donors (Lipinski definition) is 0. The number of rotatable bonds is 6. The maximum absolute atomic E-state index is 12.5. The van der Waals surface area contributed by atoms with Crippen LogP contribution in [0.5, 0.6) is 0 Å². The van der Waals surface area contributed by atoms with Crippen LogP contribution in [0.4, 0.5) is 0 Å². The fourth-order valence-corrected chi connectivity index (χ4v) is 4.82. The van der Waals surface area contributed by atoms with Gasteiger partial charge in [0.15, 0.2) is 0 Å². The Morgan fingerprint density at radius 1 is 0.946 bits per heavy atom. The second kappa shape index (κ2) is 9.72. The van der Waals surface area contributed by atoms with Gasteiger partial charge in [0.25, 0.3) is 5.56 Å². The van der Waals surface area contributed by atoms with Gasteiger partial charge in [0.1, 0.15) is 18.2 Å². The van der Waals surface area contributed by atoms with Gasteiger partial charge in [0.2, 0.25) is 6.41 Å². The van der Waals surface area contributed by atoms with Gasteiger partial charge in [-0.1, -0.05) is 59.6 Å². The van der Waals surface area contributed by atoms with Crippen LogP contribution in [-0.2, 0) is 11.8 Å². The summed E-state index contributed by atoms with van der Waals surface area (Å²) in [5.41, 5.74) is 5.99. The van der Waals surface area contributed by atoms with Crippen molar-refractivity contribution in [3.63, 3.8) is 0 Å². The minimum atomic E-state index is -0.145. The van der Waals surface area contributed by atoms with Gasteiger partial charge >= 0.3 is 0 Å². The minimum Gasteiger partial charge on any atom is -0.307 e. The molecular weight excluding hydrogens is 511 g/mol. The van der Waals surface area contributed by atoms with Crippen molar-refractivity contribution < 1.29 is 4.79 Å². The molecule has 0 bridgehead atoms. The summed E-state index contributed by atoms with van der Waals surface area (Å²) < 4.78 is 4.67. The first kappa shape index (κ1) is 24.5. The maximum atomic E-state index is 12.5. The molecule has 0 atom stereocenters. The Bertz CT molecular complexity index is 1750. The molecule has 0 aliphatic carbocycles. The summed E-state index contributed by atoms with van der Waals surface area (Å²) in [6.45, 7) is 1.92. The molecule has 8 nitrogen and oxygen atoms in total. The molecule has 2 aromatic carbocycles. The van der Waals surface area contributed by atoms with E-state index in [0.717, 1.165) is 39.1 Å². The Morgan fingerprint density at radius 3 is 2.16 bits per heavy atom. The monoisotopic (exact) mass is 532 g/mol. The molecular formula is C27H22Cl2N6O2. The Morgan fingerprint density at radius 2 is 1.54 bits per heavy atom. The van der Waals surface area contributed by atoms with E-state index in [1.165, 1.54) is 22.1 Å². The Balaban J connectivity index is 1.58. The summed E-state index contributed by atoms with van der Waals surface area (Å²) in [7, 11) is 3.28. The number of carbonyl (C=O) groups excluding carboxylic acids is 1. The summed E-state index contributed by atoms with van der Waals surface area (Å²) >= 11 is 13.9. The lowest BCUT2D eigenvalue weighted by Gasteiger charge is -2.13. The van der Waals surface area contributed by atoms with E-state index in [2.05, 4.69) is 10.2 Å². The van der Waals surface area contributed by atoms with Crippen molar-refractivity contribution in [1.82, 2.24) is 23.8 Å². The predicted molar refractivity (Wildman–Crippen MR) is 147 cm³/mol. The van der Waals surface area contributed by atoms with Crippen molar-refractivity contribution >= 4 is 41.5 Å². The highest BCUT2D eigenvalue weighted by molar-refractivity contribution is 6.39. The minimum absolute atomic E-state index is 0.145. The number of amides is 1. The van der Waals surface area contributed by atoms with Crippen molar-refractivity contribution in [2.24, 2.45) is 12.1 Å². The highest BCUT2D eigenvalue weighted by atomic mass is 35.5. The van der Waals surface area contributed by atoms with E-state index < -0.39 is 0 Å². The molecule has 1 amide bonds. The molecule has 3 aromatic heterocycles. The molecule has 0 spiro atoms. The first-order valence-electron chi connectivity index (χ1n) is 11.3. The number of carbonyl (C=O) groups is 1. The zero-order valence-electron chi connectivity index (χ0n) is 20.3. The topological polar surface area (TPSA) is 76.9 Å². The molecule has 5 aromatic rings. The molecule has 0 N–H and O–H groups in total. The van der Waals surface area contributed by atoms with Gasteiger partial charge in [-0.15, -0.1) is 0 Å². The predicted octanol–water partition coefficient (Wildman–Crippen LogP) is 5.33. The number of hydrogen-bond acceptors (Lipinski definition) is 4. The van der Waals surface area contributed by atoms with Gasteiger partial charge < -0.3 is 4.90 Å². The number of aryl methyl sites for hydroxylation is 2. The van der Waals surface area contributed by atoms with Crippen LogP contribution in [0, 0.1) is 6.92 Å². The van der Waals surface area contributed by atoms with Gasteiger partial charge in [-0.3, -0.25) is 14.2 Å². The van der Waals surface area contributed by atoms with Gasteiger partial charge in [-0.25, -0.2) is 9.19 Å². The van der Waals surface area contributed by atoms with Crippen molar-refractivity contribution in [2.45, 2.75) is 6.92 Å². The summed E-state index contributed by atoms with van der Waals surface area (Å²) in [6.07, 6.45) is 7.23. The average Bonchev–Trinajstić information content (AvgIpc) is 3.49. The summed E-state index contributed by atoms with van der Waals surface area (Å²) in [6, 6.07) is 15.3. The van der Waals surface area contributed by atoms with Crippen LogP contribution in [-0.4, -0.2) is 43.6 Å². The van der Waals surface area contributed by atoms with E-state index >= 15 is 0 Å². The fourth-order valence-electron chi connectivity index (χ4n) is 4.14. The SMILES string of the molecule is Cc1cc(-c2cccc(-c3cccc(-c4cc5c(=O)n(C)cnn5c4)c3Cl)c2Cl)cn1/N=C\N(C)C=O. The first-order valence-corrected chi connectivity index (χ1v) is 12.1. The molecule has 0 fully saturated rings. The molecule has 0 aliphatic heterocycles. The molecule has 3 heterocycles. The lowest BCUT2D eigenvalue weighted by Crippen LogP contribution is -2.19. The van der Waals surface area contributed by atoms with Crippen molar-refractivity contribution in [1.29, 1.82) is 0 Å². The molecule has 0 saturated carbocycles. The van der Waals surface area contributed by atoms with Crippen molar-refractivity contribution in [2.75, 3.05) is 7.05 Å². The third-order valence-corrected chi connectivity index (χ3v) is 6.92. The molecule has 0 radical (unpaired) electrons. The fraction of sp³-hybridized carbons (Fsp3) is 0.111.